The Morgan fingerprint density at radius 3 is 2.55 bits per heavy atom. The van der Waals surface area contributed by atoms with E-state index in [0.29, 0.717) is 5.56 Å². The zero-order chi connectivity index (χ0) is 21.6. The molecule has 1 amide bonds. The summed E-state index contributed by atoms with van der Waals surface area (Å²) in [5.74, 6) is -1.16. The fourth-order valence-electron chi connectivity index (χ4n) is 2.26. The predicted molar refractivity (Wildman–Crippen MR) is 101 cm³/mol. The highest BCUT2D eigenvalue weighted by molar-refractivity contribution is 7.87. The number of nitro groups is 1. The number of rotatable bonds is 8. The van der Waals surface area contributed by atoms with Crippen molar-refractivity contribution in [2.75, 3.05) is 6.61 Å². The lowest BCUT2D eigenvalue weighted by Crippen LogP contribution is -2.13. The molecule has 11 heteroatoms. The number of carbonyl (C=O) groups is 1. The molecule has 2 aromatic rings. The van der Waals surface area contributed by atoms with Crippen LogP contribution in [-0.2, 0) is 14.9 Å². The van der Waals surface area contributed by atoms with Crippen LogP contribution in [0.1, 0.15) is 12.5 Å². The van der Waals surface area contributed by atoms with Crippen molar-refractivity contribution in [2.45, 2.75) is 11.8 Å². The molecular formula is C18H15N3O7S. The van der Waals surface area contributed by atoms with Crippen molar-refractivity contribution < 1.29 is 27.1 Å². The van der Waals surface area contributed by atoms with Crippen molar-refractivity contribution in [1.82, 2.24) is 0 Å². The van der Waals surface area contributed by atoms with Crippen molar-refractivity contribution >= 4 is 27.8 Å². The lowest BCUT2D eigenvalue weighted by Gasteiger charge is -2.12. The van der Waals surface area contributed by atoms with Crippen LogP contribution >= 0.6 is 0 Å². The van der Waals surface area contributed by atoms with E-state index in [4.69, 9.17) is 19.9 Å². The van der Waals surface area contributed by atoms with E-state index in [-0.39, 0.29) is 23.7 Å². The summed E-state index contributed by atoms with van der Waals surface area (Å²) in [5.41, 5.74) is 4.47. The molecule has 150 valence electrons. The van der Waals surface area contributed by atoms with Crippen LogP contribution in [-0.4, -0.2) is 25.9 Å². The van der Waals surface area contributed by atoms with E-state index in [9.17, 15) is 23.3 Å². The van der Waals surface area contributed by atoms with Crippen LogP contribution in [0.4, 0.5) is 5.69 Å². The van der Waals surface area contributed by atoms with E-state index in [0.717, 1.165) is 12.1 Å². The van der Waals surface area contributed by atoms with Gasteiger partial charge < -0.3 is 14.7 Å². The number of nitro benzene ring substituents is 1. The van der Waals surface area contributed by atoms with Gasteiger partial charge in [-0.1, -0.05) is 18.2 Å². The molecule has 0 fully saturated rings. The molecule has 0 aliphatic heterocycles. The quantitative estimate of drug-likeness (QED) is 0.224. The maximum Gasteiger partial charge on any atom is 0.346 e. The van der Waals surface area contributed by atoms with E-state index in [1.807, 2.05) is 0 Å². The number of hydrogen-bond donors (Lipinski definition) is 1. The number of primary amides is 1. The van der Waals surface area contributed by atoms with Gasteiger partial charge in [-0.2, -0.15) is 13.7 Å². The summed E-state index contributed by atoms with van der Waals surface area (Å²) in [6.45, 7) is 1.79. The average Bonchev–Trinajstić information content (AvgIpc) is 2.67. The Balaban J connectivity index is 2.49. The van der Waals surface area contributed by atoms with E-state index in [1.165, 1.54) is 36.4 Å². The summed E-state index contributed by atoms with van der Waals surface area (Å²) in [6, 6.07) is 10.3. The normalized spacial score (nSPS) is 11.4. The first kappa shape index (κ1) is 21.4. The van der Waals surface area contributed by atoms with Crippen LogP contribution < -0.4 is 14.7 Å². The summed E-state index contributed by atoms with van der Waals surface area (Å²) in [7, 11) is -4.55. The fourth-order valence-corrected chi connectivity index (χ4v) is 3.37. The Morgan fingerprint density at radius 1 is 1.28 bits per heavy atom. The van der Waals surface area contributed by atoms with Gasteiger partial charge in [0.15, 0.2) is 16.4 Å². The molecular weight excluding hydrogens is 402 g/mol. The van der Waals surface area contributed by atoms with Crippen molar-refractivity contribution in [2.24, 2.45) is 5.73 Å². The standard InChI is InChI=1S/C18H15N3O7S/c1-2-27-16-10-12(9-13(11-19)18(20)22)7-8-15(16)28-29(25,26)17-6-4-3-5-14(17)21(23)24/h3-10H,2H2,1H3,(H2,20,22)/b13-9-. The average molecular weight is 417 g/mol. The first-order chi connectivity index (χ1) is 13.7. The number of ether oxygens (including phenoxy) is 1. The third kappa shape index (κ3) is 5.08. The van der Waals surface area contributed by atoms with Gasteiger partial charge in [-0.05, 0) is 36.8 Å². The minimum atomic E-state index is -4.55. The minimum absolute atomic E-state index is 0.00910. The highest BCUT2D eigenvalue weighted by Crippen LogP contribution is 2.33. The van der Waals surface area contributed by atoms with Crippen molar-refractivity contribution in [3.63, 3.8) is 0 Å². The maximum atomic E-state index is 12.6. The van der Waals surface area contributed by atoms with Gasteiger partial charge in [-0.15, -0.1) is 0 Å². The second-order valence-electron chi connectivity index (χ2n) is 5.44. The molecule has 29 heavy (non-hydrogen) atoms. The second-order valence-corrected chi connectivity index (χ2v) is 6.95. The molecule has 0 radical (unpaired) electrons. The Hall–Kier alpha value is -3.91. The molecule has 0 aliphatic rings. The molecule has 2 aromatic carbocycles. The van der Waals surface area contributed by atoms with E-state index in [1.54, 1.807) is 13.0 Å². The number of hydrogen-bond acceptors (Lipinski definition) is 8. The van der Waals surface area contributed by atoms with Crippen LogP contribution in [0, 0.1) is 21.4 Å². The van der Waals surface area contributed by atoms with Crippen LogP contribution in [0.5, 0.6) is 11.5 Å². The van der Waals surface area contributed by atoms with Gasteiger partial charge in [-0.3, -0.25) is 14.9 Å². The summed E-state index contributed by atoms with van der Waals surface area (Å²) in [4.78, 5) is 20.9. The van der Waals surface area contributed by atoms with Gasteiger partial charge in [-0.25, -0.2) is 0 Å². The molecule has 0 bridgehead atoms. The highest BCUT2D eigenvalue weighted by atomic mass is 32.2. The van der Waals surface area contributed by atoms with Crippen LogP contribution in [0.15, 0.2) is 52.9 Å². The summed E-state index contributed by atoms with van der Waals surface area (Å²) in [6.07, 6.45) is 1.20. The Kier molecular flexibility index (Phi) is 6.53. The van der Waals surface area contributed by atoms with E-state index in [2.05, 4.69) is 0 Å². The zero-order valence-corrected chi connectivity index (χ0v) is 15.9. The van der Waals surface area contributed by atoms with Crippen molar-refractivity contribution in [1.29, 1.82) is 5.26 Å². The second kappa shape index (κ2) is 8.85. The minimum Gasteiger partial charge on any atom is -0.490 e. The Bertz CT molecular complexity index is 1130. The highest BCUT2D eigenvalue weighted by Gasteiger charge is 2.28. The molecule has 0 aromatic heterocycles. The summed E-state index contributed by atoms with van der Waals surface area (Å²) < 4.78 is 35.6. The number of para-hydroxylation sites is 1. The molecule has 0 unspecified atom stereocenters. The van der Waals surface area contributed by atoms with Crippen molar-refractivity contribution in [3.8, 4) is 17.6 Å². The molecule has 0 atom stereocenters. The number of amides is 1. The number of nitriles is 1. The number of carbonyl (C=O) groups excluding carboxylic acids is 1. The molecule has 10 nitrogen and oxygen atoms in total. The SMILES string of the molecule is CCOc1cc(/C=C(/C#N)C(N)=O)ccc1OS(=O)(=O)c1ccccc1[N+](=O)[O-]. The lowest BCUT2D eigenvalue weighted by molar-refractivity contribution is -0.387. The number of nitrogens with zero attached hydrogens (tertiary/aromatic N) is 2. The van der Waals surface area contributed by atoms with E-state index < -0.39 is 31.5 Å². The molecule has 2 N–H and O–H groups in total. The predicted octanol–water partition coefficient (Wildman–Crippen LogP) is 2.15. The summed E-state index contributed by atoms with van der Waals surface area (Å²) in [5, 5.41) is 20.0. The molecule has 0 aliphatic carbocycles. The number of benzene rings is 2. The molecule has 0 saturated carbocycles. The first-order valence-corrected chi connectivity index (χ1v) is 9.46. The van der Waals surface area contributed by atoms with Gasteiger partial charge in [0.25, 0.3) is 11.6 Å². The van der Waals surface area contributed by atoms with Gasteiger partial charge >= 0.3 is 10.1 Å². The van der Waals surface area contributed by atoms with Crippen LogP contribution in [0.25, 0.3) is 6.08 Å². The van der Waals surface area contributed by atoms with Gasteiger partial charge in [0, 0.05) is 6.07 Å². The smallest absolute Gasteiger partial charge is 0.346 e. The first-order valence-electron chi connectivity index (χ1n) is 8.06. The topological polar surface area (TPSA) is 163 Å². The van der Waals surface area contributed by atoms with Gasteiger partial charge in [0.05, 0.1) is 11.5 Å². The molecule has 0 spiro atoms. The van der Waals surface area contributed by atoms with Gasteiger partial charge in [0.2, 0.25) is 0 Å². The zero-order valence-electron chi connectivity index (χ0n) is 15.1. The lowest BCUT2D eigenvalue weighted by atomic mass is 10.1. The van der Waals surface area contributed by atoms with Crippen LogP contribution in [0.3, 0.4) is 0 Å². The molecule has 2 rings (SSSR count). The summed E-state index contributed by atoms with van der Waals surface area (Å²) >= 11 is 0. The third-order valence-corrected chi connectivity index (χ3v) is 4.78. The maximum absolute atomic E-state index is 12.6. The van der Waals surface area contributed by atoms with E-state index >= 15 is 0 Å². The largest absolute Gasteiger partial charge is 0.490 e. The van der Waals surface area contributed by atoms with Crippen LogP contribution in [0.2, 0.25) is 0 Å². The number of nitrogens with two attached hydrogens (primary N) is 1. The van der Waals surface area contributed by atoms with Crippen molar-refractivity contribution in [3.05, 3.63) is 63.7 Å². The fraction of sp³-hybridized carbons (Fsp3) is 0.111. The third-order valence-electron chi connectivity index (χ3n) is 3.50. The molecule has 0 saturated heterocycles. The monoisotopic (exact) mass is 417 g/mol. The molecule has 0 heterocycles. The Labute approximate surface area is 166 Å². The Morgan fingerprint density at radius 2 is 1.97 bits per heavy atom. The van der Waals surface area contributed by atoms with Gasteiger partial charge in [0.1, 0.15) is 11.6 Å².